The van der Waals surface area contributed by atoms with E-state index in [1.54, 1.807) is 0 Å². The Bertz CT molecular complexity index is 879. The van der Waals surface area contributed by atoms with Gasteiger partial charge in [0.25, 0.3) is 5.91 Å². The molecule has 0 saturated carbocycles. The third-order valence-corrected chi connectivity index (χ3v) is 4.26. The number of aromatic nitrogens is 2. The molecule has 2 heterocycles. The third-order valence-electron chi connectivity index (χ3n) is 4.26. The smallest absolute Gasteiger partial charge is 0.429 e. The van der Waals surface area contributed by atoms with Crippen LogP contribution < -0.4 is 0 Å². The summed E-state index contributed by atoms with van der Waals surface area (Å²) in [6.45, 7) is 2.10. The number of aryl methyl sites for hydroxylation is 2. The van der Waals surface area contributed by atoms with Crippen molar-refractivity contribution in [3.05, 3.63) is 57.4 Å². The zero-order chi connectivity index (χ0) is 19.6. The lowest BCUT2D eigenvalue weighted by molar-refractivity contribution is -0.385. The standard InChI is InChI=1S/C17H19N5O5/c1-12-14(22(25)26)15(19(2)18-12)16(23)20-9-6-10-21(20)17(24)27-11-13-7-4-3-5-8-13/h3-5,7-8H,6,9-11H2,1-2H3. The van der Waals surface area contributed by atoms with Crippen molar-refractivity contribution in [3.63, 3.8) is 0 Å². The van der Waals surface area contributed by atoms with Crippen LogP contribution >= 0.6 is 0 Å². The van der Waals surface area contributed by atoms with Crippen LogP contribution in [0.3, 0.4) is 0 Å². The minimum atomic E-state index is -0.675. The van der Waals surface area contributed by atoms with Crippen LogP contribution in [-0.2, 0) is 18.4 Å². The van der Waals surface area contributed by atoms with E-state index in [0.717, 1.165) is 5.56 Å². The normalized spacial score (nSPS) is 13.7. The second-order valence-electron chi connectivity index (χ2n) is 6.11. The van der Waals surface area contributed by atoms with Gasteiger partial charge in [0, 0.05) is 20.1 Å². The van der Waals surface area contributed by atoms with Gasteiger partial charge in [0.15, 0.2) is 0 Å². The fourth-order valence-electron chi connectivity index (χ4n) is 3.03. The first-order chi connectivity index (χ1) is 12.9. The molecular weight excluding hydrogens is 354 g/mol. The van der Waals surface area contributed by atoms with E-state index in [-0.39, 0.29) is 30.2 Å². The van der Waals surface area contributed by atoms with Crippen LogP contribution in [0.5, 0.6) is 0 Å². The van der Waals surface area contributed by atoms with Gasteiger partial charge in [-0.25, -0.2) is 14.8 Å². The van der Waals surface area contributed by atoms with Gasteiger partial charge < -0.3 is 4.74 Å². The zero-order valence-corrected chi connectivity index (χ0v) is 15.0. The van der Waals surface area contributed by atoms with Crippen LogP contribution in [-0.4, -0.2) is 49.8 Å². The molecule has 10 nitrogen and oxygen atoms in total. The molecule has 2 aromatic rings. The number of benzene rings is 1. The number of carbonyl (C=O) groups is 2. The number of carbonyl (C=O) groups excluding carboxylic acids is 2. The quantitative estimate of drug-likeness (QED) is 0.599. The monoisotopic (exact) mass is 373 g/mol. The number of rotatable bonds is 4. The highest BCUT2D eigenvalue weighted by atomic mass is 16.6. The lowest BCUT2D eigenvalue weighted by Crippen LogP contribution is -2.45. The predicted molar refractivity (Wildman–Crippen MR) is 93.6 cm³/mol. The Morgan fingerprint density at radius 3 is 2.56 bits per heavy atom. The number of amides is 2. The van der Waals surface area contributed by atoms with E-state index in [4.69, 9.17) is 4.74 Å². The molecule has 1 aromatic heterocycles. The van der Waals surface area contributed by atoms with E-state index in [2.05, 4.69) is 5.10 Å². The van der Waals surface area contributed by atoms with E-state index in [0.29, 0.717) is 13.0 Å². The van der Waals surface area contributed by atoms with E-state index < -0.39 is 16.9 Å². The van der Waals surface area contributed by atoms with Crippen LogP contribution in [0.2, 0.25) is 0 Å². The van der Waals surface area contributed by atoms with Crippen LogP contribution in [0, 0.1) is 17.0 Å². The average molecular weight is 373 g/mol. The second-order valence-corrected chi connectivity index (χ2v) is 6.11. The number of hydrogen-bond acceptors (Lipinski definition) is 6. The molecule has 1 aromatic carbocycles. The minimum Gasteiger partial charge on any atom is -0.443 e. The Kier molecular flexibility index (Phi) is 5.06. The molecule has 0 spiro atoms. The van der Waals surface area contributed by atoms with Crippen molar-refractivity contribution in [2.75, 3.05) is 13.1 Å². The van der Waals surface area contributed by atoms with Crippen molar-refractivity contribution >= 4 is 17.7 Å². The van der Waals surface area contributed by atoms with E-state index in [1.807, 2.05) is 30.3 Å². The predicted octanol–water partition coefficient (Wildman–Crippen LogP) is 2.04. The van der Waals surface area contributed by atoms with E-state index in [9.17, 15) is 19.7 Å². The van der Waals surface area contributed by atoms with Gasteiger partial charge in [-0.1, -0.05) is 30.3 Å². The molecule has 0 radical (unpaired) electrons. The van der Waals surface area contributed by atoms with Gasteiger partial charge in [0.1, 0.15) is 12.3 Å². The topological polar surface area (TPSA) is 111 Å². The first-order valence-corrected chi connectivity index (χ1v) is 8.38. The van der Waals surface area contributed by atoms with E-state index >= 15 is 0 Å². The number of hydrazine groups is 1. The van der Waals surface area contributed by atoms with Crippen LogP contribution in [0.4, 0.5) is 10.5 Å². The minimum absolute atomic E-state index is 0.0726. The molecule has 1 saturated heterocycles. The molecule has 0 atom stereocenters. The van der Waals surface area contributed by atoms with Crippen molar-refractivity contribution in [2.24, 2.45) is 7.05 Å². The summed E-state index contributed by atoms with van der Waals surface area (Å²) in [6.07, 6.45) is -0.122. The summed E-state index contributed by atoms with van der Waals surface area (Å²) in [5, 5.41) is 17.6. The summed E-state index contributed by atoms with van der Waals surface area (Å²) in [5.41, 5.74) is 0.441. The Morgan fingerprint density at radius 1 is 1.22 bits per heavy atom. The van der Waals surface area contributed by atoms with Gasteiger partial charge in [-0.2, -0.15) is 5.10 Å². The maximum Gasteiger partial charge on any atom is 0.429 e. The summed E-state index contributed by atoms with van der Waals surface area (Å²) in [5.74, 6) is -0.654. The highest BCUT2D eigenvalue weighted by Crippen LogP contribution is 2.26. The Labute approximate surface area is 155 Å². The molecule has 0 aliphatic carbocycles. The van der Waals surface area contributed by atoms with E-state index in [1.165, 1.54) is 28.7 Å². The number of nitrogens with zero attached hydrogens (tertiary/aromatic N) is 5. The lowest BCUT2D eigenvalue weighted by atomic mass is 10.2. The van der Waals surface area contributed by atoms with Gasteiger partial charge in [0.05, 0.1) is 4.92 Å². The molecule has 1 aliphatic rings. The summed E-state index contributed by atoms with van der Waals surface area (Å²) in [7, 11) is 1.46. The average Bonchev–Trinajstić information content (AvgIpc) is 3.24. The first-order valence-electron chi connectivity index (χ1n) is 8.38. The second kappa shape index (κ2) is 7.44. The highest BCUT2D eigenvalue weighted by molar-refractivity contribution is 5.97. The SMILES string of the molecule is Cc1nn(C)c(C(=O)N2CCCN2C(=O)OCc2ccccc2)c1[N+](=O)[O-]. The van der Waals surface area contributed by atoms with Crippen molar-refractivity contribution in [1.29, 1.82) is 0 Å². The van der Waals surface area contributed by atoms with Gasteiger partial charge in [-0.05, 0) is 18.9 Å². The third kappa shape index (κ3) is 3.59. The summed E-state index contributed by atoms with van der Waals surface area (Å²) >= 11 is 0. The number of ether oxygens (including phenoxy) is 1. The van der Waals surface area contributed by atoms with Crippen molar-refractivity contribution in [1.82, 2.24) is 19.8 Å². The largest absolute Gasteiger partial charge is 0.443 e. The fourth-order valence-corrected chi connectivity index (χ4v) is 3.03. The van der Waals surface area contributed by atoms with Gasteiger partial charge in [-0.3, -0.25) is 19.6 Å². The highest BCUT2D eigenvalue weighted by Gasteiger charge is 2.38. The van der Waals surface area contributed by atoms with Crippen molar-refractivity contribution in [2.45, 2.75) is 20.0 Å². The zero-order valence-electron chi connectivity index (χ0n) is 15.0. The molecular formula is C17H19N5O5. The van der Waals surface area contributed by atoms with Gasteiger partial charge in [0.2, 0.25) is 5.69 Å². The maximum atomic E-state index is 12.9. The van der Waals surface area contributed by atoms with Gasteiger partial charge >= 0.3 is 11.8 Å². The number of hydrogen-bond donors (Lipinski definition) is 0. The molecule has 27 heavy (non-hydrogen) atoms. The fraction of sp³-hybridized carbons (Fsp3) is 0.353. The molecule has 1 aliphatic heterocycles. The van der Waals surface area contributed by atoms with Crippen LogP contribution in [0.25, 0.3) is 0 Å². The number of nitro groups is 1. The van der Waals surface area contributed by atoms with Crippen LogP contribution in [0.1, 0.15) is 28.2 Å². The summed E-state index contributed by atoms with van der Waals surface area (Å²) in [4.78, 5) is 36.0. The first kappa shape index (κ1) is 18.4. The van der Waals surface area contributed by atoms with Gasteiger partial charge in [-0.15, -0.1) is 0 Å². The van der Waals surface area contributed by atoms with Crippen LogP contribution in [0.15, 0.2) is 30.3 Å². The molecule has 0 bridgehead atoms. The molecule has 0 N–H and O–H groups in total. The molecule has 1 fully saturated rings. The van der Waals surface area contributed by atoms with Crippen molar-refractivity contribution < 1.29 is 19.2 Å². The molecule has 10 heteroatoms. The molecule has 2 amide bonds. The maximum absolute atomic E-state index is 12.9. The summed E-state index contributed by atoms with van der Waals surface area (Å²) in [6, 6.07) is 9.16. The Morgan fingerprint density at radius 2 is 1.89 bits per heavy atom. The lowest BCUT2D eigenvalue weighted by Gasteiger charge is -2.26. The Hall–Kier alpha value is -3.43. The molecule has 3 rings (SSSR count). The Balaban J connectivity index is 1.77. The molecule has 0 unspecified atom stereocenters. The summed E-state index contributed by atoms with van der Waals surface area (Å²) < 4.78 is 6.45. The molecule has 142 valence electrons. The van der Waals surface area contributed by atoms with Crippen molar-refractivity contribution in [3.8, 4) is 0 Å².